The molecule has 1 aromatic heterocycles. The lowest BCUT2D eigenvalue weighted by molar-refractivity contribution is 0.101. The first-order valence-electron chi connectivity index (χ1n) is 8.23. The maximum absolute atomic E-state index is 12.5. The summed E-state index contributed by atoms with van der Waals surface area (Å²) in [5.41, 5.74) is 1.04. The van der Waals surface area contributed by atoms with E-state index < -0.39 is 15.9 Å². The van der Waals surface area contributed by atoms with Gasteiger partial charge in [-0.05, 0) is 44.2 Å². The van der Waals surface area contributed by atoms with Crippen LogP contribution in [0.5, 0.6) is 0 Å². The van der Waals surface area contributed by atoms with Gasteiger partial charge < -0.3 is 9.84 Å². The highest BCUT2D eigenvalue weighted by Gasteiger charge is 2.18. The summed E-state index contributed by atoms with van der Waals surface area (Å²) in [4.78, 5) is 23.9. The average molecular weight is 399 g/mol. The minimum atomic E-state index is -3.94. The highest BCUT2D eigenvalue weighted by molar-refractivity contribution is 7.92. The van der Waals surface area contributed by atoms with Crippen LogP contribution in [0.25, 0.3) is 0 Å². The van der Waals surface area contributed by atoms with Crippen LogP contribution in [0.2, 0.25) is 0 Å². The van der Waals surface area contributed by atoms with Crippen molar-refractivity contribution in [3.05, 3.63) is 71.5 Å². The van der Waals surface area contributed by atoms with Gasteiger partial charge in [0.15, 0.2) is 11.6 Å². The number of hydrogen-bond acceptors (Lipinski definition) is 6. The third kappa shape index (κ3) is 4.44. The Bertz CT molecular complexity index is 1150. The molecule has 2 N–H and O–H groups in total. The van der Waals surface area contributed by atoms with Crippen molar-refractivity contribution in [2.45, 2.75) is 18.7 Å². The Balaban J connectivity index is 1.81. The lowest BCUT2D eigenvalue weighted by Crippen LogP contribution is -2.16. The number of benzene rings is 2. The number of ketones is 1. The highest BCUT2D eigenvalue weighted by Crippen LogP contribution is 2.18. The van der Waals surface area contributed by atoms with Crippen LogP contribution in [0.15, 0.2) is 64.0 Å². The van der Waals surface area contributed by atoms with Crippen molar-refractivity contribution in [3.63, 3.8) is 0 Å². The van der Waals surface area contributed by atoms with Gasteiger partial charge in [0.1, 0.15) is 5.76 Å². The van der Waals surface area contributed by atoms with E-state index >= 15 is 0 Å². The molecule has 1 amide bonds. The summed E-state index contributed by atoms with van der Waals surface area (Å²) in [7, 11) is -3.94. The minimum Gasteiger partial charge on any atom is -0.360 e. The molecule has 2 aromatic carbocycles. The number of rotatable bonds is 6. The summed E-state index contributed by atoms with van der Waals surface area (Å²) in [6.45, 7) is 3.06. The Hall–Kier alpha value is -3.46. The molecule has 0 aliphatic carbocycles. The second-order valence-electron chi connectivity index (χ2n) is 6.05. The Morgan fingerprint density at radius 1 is 1.00 bits per heavy atom. The molecule has 0 radical (unpaired) electrons. The SMILES string of the molecule is CC(=O)c1cccc(NC(=O)c2cccc(S(=O)(=O)Nc3cc(C)on3)c2)c1. The third-order valence-corrected chi connectivity index (χ3v) is 5.15. The standard InChI is InChI=1S/C19H17N3O5S/c1-12-9-18(21-27-12)22-28(25,26)17-8-4-6-15(11-17)19(24)20-16-7-3-5-14(10-16)13(2)23/h3-11H,1-2H3,(H,20,24)(H,21,22). The van der Waals surface area contributed by atoms with Crippen molar-refractivity contribution in [1.29, 1.82) is 0 Å². The van der Waals surface area contributed by atoms with Crippen LogP contribution in [0.3, 0.4) is 0 Å². The zero-order chi connectivity index (χ0) is 20.3. The van der Waals surface area contributed by atoms with Gasteiger partial charge in [-0.25, -0.2) is 8.42 Å². The Morgan fingerprint density at radius 3 is 2.39 bits per heavy atom. The number of aryl methyl sites for hydroxylation is 1. The predicted octanol–water partition coefficient (Wildman–Crippen LogP) is 3.24. The summed E-state index contributed by atoms with van der Waals surface area (Å²) in [6.07, 6.45) is 0. The van der Waals surface area contributed by atoms with Crippen molar-refractivity contribution in [1.82, 2.24) is 5.16 Å². The van der Waals surface area contributed by atoms with Crippen LogP contribution in [0.1, 0.15) is 33.4 Å². The maximum atomic E-state index is 12.5. The largest absolute Gasteiger partial charge is 0.360 e. The molecule has 3 aromatic rings. The molecule has 3 rings (SSSR count). The van der Waals surface area contributed by atoms with Gasteiger partial charge in [0.25, 0.3) is 15.9 Å². The molecule has 0 aliphatic heterocycles. The molecular formula is C19H17N3O5S. The van der Waals surface area contributed by atoms with Crippen molar-refractivity contribution >= 4 is 33.2 Å². The molecule has 8 nitrogen and oxygen atoms in total. The van der Waals surface area contributed by atoms with Crippen molar-refractivity contribution in [2.75, 3.05) is 10.0 Å². The zero-order valence-electron chi connectivity index (χ0n) is 15.1. The maximum Gasteiger partial charge on any atom is 0.263 e. The van der Waals surface area contributed by atoms with Gasteiger partial charge in [0.2, 0.25) is 0 Å². The van der Waals surface area contributed by atoms with Gasteiger partial charge in [-0.3, -0.25) is 14.3 Å². The number of nitrogens with zero attached hydrogens (tertiary/aromatic N) is 1. The molecule has 0 fully saturated rings. The van der Waals surface area contributed by atoms with E-state index in [1.54, 1.807) is 31.2 Å². The molecule has 0 aliphatic rings. The van der Waals surface area contributed by atoms with Gasteiger partial charge in [-0.1, -0.05) is 23.4 Å². The molecule has 28 heavy (non-hydrogen) atoms. The van der Waals surface area contributed by atoms with Crippen LogP contribution in [-0.2, 0) is 10.0 Å². The fourth-order valence-corrected chi connectivity index (χ4v) is 3.46. The van der Waals surface area contributed by atoms with Crippen LogP contribution in [0, 0.1) is 6.92 Å². The minimum absolute atomic E-state index is 0.0494. The molecule has 0 unspecified atom stereocenters. The van der Waals surface area contributed by atoms with Gasteiger partial charge >= 0.3 is 0 Å². The molecule has 9 heteroatoms. The van der Waals surface area contributed by atoms with Crippen LogP contribution >= 0.6 is 0 Å². The van der Waals surface area contributed by atoms with E-state index in [1.165, 1.54) is 37.3 Å². The van der Waals surface area contributed by atoms with Gasteiger partial charge in [-0.2, -0.15) is 0 Å². The van der Waals surface area contributed by atoms with E-state index in [9.17, 15) is 18.0 Å². The summed E-state index contributed by atoms with van der Waals surface area (Å²) in [5.74, 6) is -0.125. The topological polar surface area (TPSA) is 118 Å². The van der Waals surface area contributed by atoms with Crippen LogP contribution < -0.4 is 10.0 Å². The normalized spacial score (nSPS) is 11.1. The predicted molar refractivity (Wildman–Crippen MR) is 103 cm³/mol. The van der Waals surface area contributed by atoms with Crippen molar-refractivity contribution in [2.24, 2.45) is 0 Å². The van der Waals surface area contributed by atoms with E-state index in [0.717, 1.165) is 0 Å². The zero-order valence-corrected chi connectivity index (χ0v) is 15.9. The second kappa shape index (κ2) is 7.65. The Morgan fingerprint density at radius 2 is 1.71 bits per heavy atom. The number of anilines is 2. The van der Waals surface area contributed by atoms with E-state index in [4.69, 9.17) is 4.52 Å². The first kappa shape index (κ1) is 19.3. The number of hydrogen-bond donors (Lipinski definition) is 2. The van der Waals surface area contributed by atoms with Crippen LogP contribution in [-0.4, -0.2) is 25.3 Å². The van der Waals surface area contributed by atoms with E-state index in [1.807, 2.05) is 0 Å². The highest BCUT2D eigenvalue weighted by atomic mass is 32.2. The summed E-state index contributed by atoms with van der Waals surface area (Å²) < 4.78 is 32.1. The molecule has 0 saturated heterocycles. The molecule has 0 saturated carbocycles. The number of carbonyl (C=O) groups excluding carboxylic acids is 2. The number of Topliss-reactive ketones (excluding diaryl/α,β-unsaturated/α-hetero) is 1. The molecule has 1 heterocycles. The fraction of sp³-hybridized carbons (Fsp3) is 0.105. The number of amides is 1. The van der Waals surface area contributed by atoms with Gasteiger partial charge in [0, 0.05) is 22.9 Å². The number of aromatic nitrogens is 1. The first-order chi connectivity index (χ1) is 13.2. The molecule has 144 valence electrons. The summed E-state index contributed by atoms with van der Waals surface area (Å²) >= 11 is 0. The second-order valence-corrected chi connectivity index (χ2v) is 7.73. The smallest absolute Gasteiger partial charge is 0.263 e. The van der Waals surface area contributed by atoms with E-state index in [0.29, 0.717) is 17.0 Å². The van der Waals surface area contributed by atoms with E-state index in [-0.39, 0.29) is 22.1 Å². The van der Waals surface area contributed by atoms with Crippen molar-refractivity contribution in [3.8, 4) is 0 Å². The number of nitrogens with one attached hydrogen (secondary N) is 2. The van der Waals surface area contributed by atoms with Gasteiger partial charge in [-0.15, -0.1) is 0 Å². The molecule has 0 spiro atoms. The fourth-order valence-electron chi connectivity index (χ4n) is 2.43. The Kier molecular flexibility index (Phi) is 5.27. The first-order valence-corrected chi connectivity index (χ1v) is 9.71. The number of sulfonamides is 1. The van der Waals surface area contributed by atoms with E-state index in [2.05, 4.69) is 15.2 Å². The summed E-state index contributed by atoms with van der Waals surface area (Å²) in [6, 6.07) is 13.5. The monoisotopic (exact) mass is 399 g/mol. The Labute approximate surface area is 161 Å². The quantitative estimate of drug-likeness (QED) is 0.614. The third-order valence-electron chi connectivity index (χ3n) is 3.80. The lowest BCUT2D eigenvalue weighted by atomic mass is 10.1. The molecular weight excluding hydrogens is 382 g/mol. The molecule has 0 bridgehead atoms. The summed E-state index contributed by atoms with van der Waals surface area (Å²) in [5, 5.41) is 6.24. The van der Waals surface area contributed by atoms with Crippen LogP contribution in [0.4, 0.5) is 11.5 Å². The van der Waals surface area contributed by atoms with Crippen molar-refractivity contribution < 1.29 is 22.5 Å². The molecule has 0 atom stereocenters. The van der Waals surface area contributed by atoms with Gasteiger partial charge in [0.05, 0.1) is 4.90 Å². The number of carbonyl (C=O) groups is 2. The average Bonchev–Trinajstić information content (AvgIpc) is 3.06. The lowest BCUT2D eigenvalue weighted by Gasteiger charge is -2.09.